The molecule has 1 amide bonds. The van der Waals surface area contributed by atoms with Gasteiger partial charge in [0.2, 0.25) is 0 Å². The SMILES string of the molecule is CNC(=O)C(C)=NCCONO. The molecule has 0 rings (SSSR count). The van der Waals surface area contributed by atoms with Gasteiger partial charge in [-0.25, -0.2) is 0 Å². The Morgan fingerprint density at radius 2 is 2.33 bits per heavy atom. The van der Waals surface area contributed by atoms with E-state index in [-0.39, 0.29) is 12.5 Å². The molecule has 70 valence electrons. The average Bonchev–Trinajstić information content (AvgIpc) is 2.10. The molecule has 12 heavy (non-hydrogen) atoms. The van der Waals surface area contributed by atoms with Crippen LogP contribution >= 0.6 is 0 Å². The van der Waals surface area contributed by atoms with Crippen molar-refractivity contribution >= 4 is 11.6 Å². The van der Waals surface area contributed by atoms with Crippen LogP contribution in [0, 0.1) is 0 Å². The van der Waals surface area contributed by atoms with Crippen molar-refractivity contribution < 1.29 is 14.8 Å². The first-order chi connectivity index (χ1) is 5.72. The predicted molar refractivity (Wildman–Crippen MR) is 42.9 cm³/mol. The fourth-order valence-electron chi connectivity index (χ4n) is 0.557. The predicted octanol–water partition coefficient (Wildman–Crippen LogP) is -0.896. The Bertz CT molecular complexity index is 169. The molecule has 0 aliphatic carbocycles. The van der Waals surface area contributed by atoms with Crippen LogP contribution in [0.1, 0.15) is 6.92 Å². The highest BCUT2D eigenvalue weighted by Gasteiger charge is 2.00. The lowest BCUT2D eigenvalue weighted by molar-refractivity contribution is -0.124. The van der Waals surface area contributed by atoms with E-state index in [1.165, 1.54) is 12.7 Å². The molecule has 0 bridgehead atoms. The molecule has 0 spiro atoms. The van der Waals surface area contributed by atoms with Gasteiger partial charge in [-0.15, -0.1) is 0 Å². The van der Waals surface area contributed by atoms with Crippen LogP contribution in [-0.2, 0) is 9.63 Å². The van der Waals surface area contributed by atoms with Crippen molar-refractivity contribution in [2.75, 3.05) is 20.2 Å². The third kappa shape index (κ3) is 4.78. The third-order valence-corrected chi connectivity index (χ3v) is 1.16. The zero-order chi connectivity index (χ0) is 9.40. The van der Waals surface area contributed by atoms with Crippen molar-refractivity contribution in [2.24, 2.45) is 4.99 Å². The van der Waals surface area contributed by atoms with Gasteiger partial charge < -0.3 is 5.32 Å². The van der Waals surface area contributed by atoms with Crippen LogP contribution in [0.4, 0.5) is 0 Å². The summed E-state index contributed by atoms with van der Waals surface area (Å²) < 4.78 is 0. The summed E-state index contributed by atoms with van der Waals surface area (Å²) in [4.78, 5) is 19.1. The third-order valence-electron chi connectivity index (χ3n) is 1.16. The minimum atomic E-state index is -0.216. The summed E-state index contributed by atoms with van der Waals surface area (Å²) in [5, 5.41) is 10.4. The second-order valence-electron chi connectivity index (χ2n) is 1.99. The van der Waals surface area contributed by atoms with Crippen molar-refractivity contribution in [1.82, 2.24) is 11.0 Å². The number of carbonyl (C=O) groups is 1. The summed E-state index contributed by atoms with van der Waals surface area (Å²) in [7, 11) is 1.53. The quantitative estimate of drug-likeness (QED) is 0.287. The number of hydrogen-bond donors (Lipinski definition) is 3. The van der Waals surface area contributed by atoms with Gasteiger partial charge in [-0.2, -0.15) is 0 Å². The molecule has 0 fully saturated rings. The van der Waals surface area contributed by atoms with E-state index < -0.39 is 0 Å². The van der Waals surface area contributed by atoms with Crippen LogP contribution in [0.25, 0.3) is 0 Å². The molecule has 3 N–H and O–H groups in total. The van der Waals surface area contributed by atoms with Crippen molar-refractivity contribution in [3.05, 3.63) is 0 Å². The topological polar surface area (TPSA) is 83.0 Å². The maximum atomic E-state index is 10.8. The van der Waals surface area contributed by atoms with E-state index in [0.29, 0.717) is 12.3 Å². The first kappa shape index (κ1) is 11.0. The Kier molecular flexibility index (Phi) is 6.16. The zero-order valence-corrected chi connectivity index (χ0v) is 7.13. The summed E-state index contributed by atoms with van der Waals surface area (Å²) in [5.41, 5.74) is 1.90. The zero-order valence-electron chi connectivity index (χ0n) is 7.13. The fraction of sp³-hybridized carbons (Fsp3) is 0.667. The number of rotatable bonds is 5. The van der Waals surface area contributed by atoms with Gasteiger partial charge >= 0.3 is 0 Å². The van der Waals surface area contributed by atoms with Crippen molar-refractivity contribution in [2.45, 2.75) is 6.92 Å². The molecule has 6 nitrogen and oxygen atoms in total. The number of hydrogen-bond acceptors (Lipinski definition) is 5. The molecule has 0 saturated heterocycles. The number of nitrogens with zero attached hydrogens (tertiary/aromatic N) is 1. The van der Waals surface area contributed by atoms with E-state index in [2.05, 4.69) is 15.1 Å². The van der Waals surface area contributed by atoms with Crippen LogP contribution in [0.5, 0.6) is 0 Å². The summed E-state index contributed by atoms with van der Waals surface area (Å²) in [6.07, 6.45) is 0. The number of aliphatic imine (C=N–C) groups is 1. The lowest BCUT2D eigenvalue weighted by atomic mass is 10.4. The fourth-order valence-corrected chi connectivity index (χ4v) is 0.557. The van der Waals surface area contributed by atoms with Gasteiger partial charge in [0.15, 0.2) is 0 Å². The standard InChI is InChI=1S/C6H13N3O3/c1-5(6(10)7-2)8-3-4-12-9-11/h9,11H,3-4H2,1-2H3,(H,7,10). The molecular formula is C6H13N3O3. The van der Waals surface area contributed by atoms with Crippen molar-refractivity contribution in [3.63, 3.8) is 0 Å². The Morgan fingerprint density at radius 3 is 2.83 bits per heavy atom. The average molecular weight is 175 g/mol. The molecule has 0 unspecified atom stereocenters. The van der Waals surface area contributed by atoms with Crippen molar-refractivity contribution in [1.29, 1.82) is 0 Å². The molecule has 0 saturated carbocycles. The molecule has 0 aliphatic rings. The molecule has 0 aliphatic heterocycles. The number of amides is 1. The molecule has 6 heteroatoms. The lowest BCUT2D eigenvalue weighted by Crippen LogP contribution is -2.26. The summed E-state index contributed by atoms with van der Waals surface area (Å²) in [6.45, 7) is 2.14. The Morgan fingerprint density at radius 1 is 1.67 bits per heavy atom. The van der Waals surface area contributed by atoms with Gasteiger partial charge in [0.1, 0.15) is 0 Å². The van der Waals surface area contributed by atoms with Gasteiger partial charge in [0, 0.05) is 7.05 Å². The van der Waals surface area contributed by atoms with Crippen LogP contribution in [0.2, 0.25) is 0 Å². The van der Waals surface area contributed by atoms with Gasteiger partial charge in [0.05, 0.1) is 18.9 Å². The van der Waals surface area contributed by atoms with Crippen LogP contribution < -0.4 is 11.0 Å². The second-order valence-corrected chi connectivity index (χ2v) is 1.99. The first-order valence-electron chi connectivity index (χ1n) is 3.46. The summed E-state index contributed by atoms with van der Waals surface area (Å²) in [6, 6.07) is 0. The number of carbonyl (C=O) groups excluding carboxylic acids is 1. The van der Waals surface area contributed by atoms with E-state index in [4.69, 9.17) is 5.21 Å². The highest BCUT2D eigenvalue weighted by Crippen LogP contribution is 1.78. The van der Waals surface area contributed by atoms with Gasteiger partial charge in [-0.3, -0.25) is 19.8 Å². The lowest BCUT2D eigenvalue weighted by Gasteiger charge is -1.99. The molecule has 0 aromatic rings. The van der Waals surface area contributed by atoms with E-state index in [9.17, 15) is 4.79 Å². The highest BCUT2D eigenvalue weighted by atomic mass is 16.8. The van der Waals surface area contributed by atoms with Crippen molar-refractivity contribution in [3.8, 4) is 0 Å². The molecule has 0 heterocycles. The Hall–Kier alpha value is -0.980. The molecule has 0 aromatic carbocycles. The van der Waals surface area contributed by atoms with Gasteiger partial charge in [-0.05, 0) is 6.92 Å². The second kappa shape index (κ2) is 6.71. The van der Waals surface area contributed by atoms with E-state index in [0.717, 1.165) is 0 Å². The van der Waals surface area contributed by atoms with Crippen LogP contribution in [0.15, 0.2) is 4.99 Å². The molecule has 0 atom stereocenters. The van der Waals surface area contributed by atoms with Crippen LogP contribution in [0.3, 0.4) is 0 Å². The Labute approximate surface area is 70.5 Å². The minimum absolute atomic E-state index is 0.213. The smallest absolute Gasteiger partial charge is 0.264 e. The molecular weight excluding hydrogens is 162 g/mol. The highest BCUT2D eigenvalue weighted by molar-refractivity contribution is 6.37. The van der Waals surface area contributed by atoms with E-state index in [1.807, 2.05) is 0 Å². The van der Waals surface area contributed by atoms with E-state index >= 15 is 0 Å². The Balaban J connectivity index is 3.61. The molecule has 0 aromatic heterocycles. The van der Waals surface area contributed by atoms with E-state index in [1.54, 1.807) is 6.92 Å². The molecule has 0 radical (unpaired) electrons. The van der Waals surface area contributed by atoms with Crippen LogP contribution in [-0.4, -0.2) is 37.0 Å². The maximum Gasteiger partial charge on any atom is 0.264 e. The maximum absolute atomic E-state index is 10.8. The monoisotopic (exact) mass is 175 g/mol. The summed E-state index contributed by atoms with van der Waals surface area (Å²) in [5.74, 6) is -0.216. The minimum Gasteiger partial charge on any atom is -0.354 e. The van der Waals surface area contributed by atoms with Gasteiger partial charge in [-0.1, -0.05) is 5.64 Å². The van der Waals surface area contributed by atoms with Gasteiger partial charge in [0.25, 0.3) is 5.91 Å². The number of nitrogens with one attached hydrogen (secondary N) is 2. The largest absolute Gasteiger partial charge is 0.354 e. The normalized spacial score (nSPS) is 11.4. The first-order valence-corrected chi connectivity index (χ1v) is 3.46. The summed E-state index contributed by atoms with van der Waals surface area (Å²) >= 11 is 0.